The number of nitrogens with one attached hydrogen (secondary N) is 1. The average molecular weight is 190 g/mol. The van der Waals surface area contributed by atoms with Gasteiger partial charge in [0.05, 0.1) is 5.56 Å². The maximum absolute atomic E-state index is 11.3. The number of hydrazone groups is 1. The Kier molecular flexibility index (Phi) is 3.43. The molecule has 1 aromatic carbocycles. The SMILES string of the molecule is C=C/C=N/NC(=O)c1ccccc1O. The van der Waals surface area contributed by atoms with Crippen molar-refractivity contribution in [1.82, 2.24) is 5.43 Å². The number of rotatable bonds is 3. The lowest BCUT2D eigenvalue weighted by Gasteiger charge is -2.00. The number of para-hydroxylation sites is 1. The minimum Gasteiger partial charge on any atom is -0.507 e. The number of hydrogen-bond donors (Lipinski definition) is 2. The van der Waals surface area contributed by atoms with Gasteiger partial charge in [0.25, 0.3) is 5.91 Å². The predicted octanol–water partition coefficient (Wildman–Crippen LogP) is 1.29. The van der Waals surface area contributed by atoms with E-state index in [9.17, 15) is 9.90 Å². The molecular formula is C10H10N2O2. The Labute approximate surface area is 81.6 Å². The first-order chi connectivity index (χ1) is 6.75. The normalized spacial score (nSPS) is 10.0. The van der Waals surface area contributed by atoms with E-state index in [-0.39, 0.29) is 11.3 Å². The summed E-state index contributed by atoms with van der Waals surface area (Å²) in [7, 11) is 0. The van der Waals surface area contributed by atoms with Gasteiger partial charge in [0.15, 0.2) is 0 Å². The molecule has 0 fully saturated rings. The lowest BCUT2D eigenvalue weighted by atomic mass is 10.2. The largest absolute Gasteiger partial charge is 0.507 e. The number of aromatic hydroxyl groups is 1. The van der Waals surface area contributed by atoms with Crippen LogP contribution in [-0.4, -0.2) is 17.2 Å². The zero-order valence-electron chi connectivity index (χ0n) is 7.47. The number of allylic oxidation sites excluding steroid dienone is 1. The number of carbonyl (C=O) groups is 1. The number of hydrogen-bond acceptors (Lipinski definition) is 3. The van der Waals surface area contributed by atoms with E-state index in [2.05, 4.69) is 17.1 Å². The smallest absolute Gasteiger partial charge is 0.275 e. The Morgan fingerprint density at radius 3 is 2.86 bits per heavy atom. The van der Waals surface area contributed by atoms with Crippen LogP contribution in [0, 0.1) is 0 Å². The fourth-order valence-electron chi connectivity index (χ4n) is 0.874. The molecule has 0 atom stereocenters. The van der Waals surface area contributed by atoms with Crippen molar-refractivity contribution in [3.8, 4) is 5.75 Å². The monoisotopic (exact) mass is 190 g/mol. The standard InChI is InChI=1S/C10H10N2O2/c1-2-7-11-12-10(14)8-5-3-4-6-9(8)13/h2-7,13H,1H2,(H,12,14)/b11-7+. The van der Waals surface area contributed by atoms with E-state index in [4.69, 9.17) is 0 Å². The van der Waals surface area contributed by atoms with Gasteiger partial charge in [-0.3, -0.25) is 4.79 Å². The third-order valence-electron chi connectivity index (χ3n) is 1.49. The van der Waals surface area contributed by atoms with Crippen LogP contribution >= 0.6 is 0 Å². The molecule has 0 saturated carbocycles. The Balaban J connectivity index is 2.75. The fraction of sp³-hybridized carbons (Fsp3) is 0. The zero-order valence-corrected chi connectivity index (χ0v) is 7.47. The number of amides is 1. The molecule has 1 amide bonds. The number of phenols is 1. The van der Waals surface area contributed by atoms with E-state index in [0.717, 1.165) is 0 Å². The van der Waals surface area contributed by atoms with Crippen LogP contribution in [0.25, 0.3) is 0 Å². The van der Waals surface area contributed by atoms with Crippen LogP contribution < -0.4 is 5.43 Å². The molecule has 0 aromatic heterocycles. The summed E-state index contributed by atoms with van der Waals surface area (Å²) in [5, 5.41) is 12.9. The first kappa shape index (κ1) is 9.98. The molecule has 1 aromatic rings. The van der Waals surface area contributed by atoms with Gasteiger partial charge in [-0.1, -0.05) is 18.7 Å². The third-order valence-corrected chi connectivity index (χ3v) is 1.49. The summed E-state index contributed by atoms with van der Waals surface area (Å²) in [6, 6.07) is 6.24. The molecule has 0 aliphatic heterocycles. The summed E-state index contributed by atoms with van der Waals surface area (Å²) >= 11 is 0. The van der Waals surface area contributed by atoms with Gasteiger partial charge in [-0.05, 0) is 18.2 Å². The van der Waals surface area contributed by atoms with Gasteiger partial charge in [0.2, 0.25) is 0 Å². The van der Waals surface area contributed by atoms with Crippen molar-refractivity contribution in [1.29, 1.82) is 0 Å². The van der Waals surface area contributed by atoms with E-state index >= 15 is 0 Å². The molecular weight excluding hydrogens is 180 g/mol. The molecule has 4 nitrogen and oxygen atoms in total. The first-order valence-corrected chi connectivity index (χ1v) is 3.98. The highest BCUT2D eigenvalue weighted by Crippen LogP contribution is 2.14. The highest BCUT2D eigenvalue weighted by atomic mass is 16.3. The van der Waals surface area contributed by atoms with Crippen molar-refractivity contribution in [2.45, 2.75) is 0 Å². The molecule has 0 aliphatic rings. The summed E-state index contributed by atoms with van der Waals surface area (Å²) < 4.78 is 0. The molecule has 0 heterocycles. The highest BCUT2D eigenvalue weighted by Gasteiger charge is 2.07. The van der Waals surface area contributed by atoms with Gasteiger partial charge in [-0.15, -0.1) is 0 Å². The molecule has 0 saturated heterocycles. The highest BCUT2D eigenvalue weighted by molar-refractivity contribution is 5.97. The van der Waals surface area contributed by atoms with E-state index in [0.29, 0.717) is 0 Å². The maximum atomic E-state index is 11.3. The Hall–Kier alpha value is -2.10. The third kappa shape index (κ3) is 2.45. The van der Waals surface area contributed by atoms with E-state index < -0.39 is 5.91 Å². The Bertz CT molecular complexity index is 372. The van der Waals surface area contributed by atoms with Crippen molar-refractivity contribution in [3.63, 3.8) is 0 Å². The Morgan fingerprint density at radius 1 is 1.50 bits per heavy atom. The fourth-order valence-corrected chi connectivity index (χ4v) is 0.874. The number of benzene rings is 1. The van der Waals surface area contributed by atoms with Crippen molar-refractivity contribution in [2.75, 3.05) is 0 Å². The maximum Gasteiger partial charge on any atom is 0.275 e. The molecule has 0 aliphatic carbocycles. The van der Waals surface area contributed by atoms with Gasteiger partial charge < -0.3 is 5.11 Å². The van der Waals surface area contributed by atoms with Gasteiger partial charge in [0, 0.05) is 6.21 Å². The first-order valence-electron chi connectivity index (χ1n) is 3.98. The second-order valence-electron chi connectivity index (χ2n) is 2.47. The van der Waals surface area contributed by atoms with Crippen LogP contribution in [0.4, 0.5) is 0 Å². The van der Waals surface area contributed by atoms with Crippen LogP contribution in [0.3, 0.4) is 0 Å². The molecule has 72 valence electrons. The predicted molar refractivity (Wildman–Crippen MR) is 54.3 cm³/mol. The van der Waals surface area contributed by atoms with Crippen molar-refractivity contribution >= 4 is 12.1 Å². The van der Waals surface area contributed by atoms with E-state index in [1.54, 1.807) is 12.1 Å². The number of nitrogens with zero attached hydrogens (tertiary/aromatic N) is 1. The van der Waals surface area contributed by atoms with Crippen LogP contribution in [0.5, 0.6) is 5.75 Å². The van der Waals surface area contributed by atoms with Crippen molar-refractivity contribution in [2.24, 2.45) is 5.10 Å². The molecule has 14 heavy (non-hydrogen) atoms. The minimum absolute atomic E-state index is 0.0706. The minimum atomic E-state index is -0.457. The molecule has 0 bridgehead atoms. The Morgan fingerprint density at radius 2 is 2.21 bits per heavy atom. The van der Waals surface area contributed by atoms with Crippen molar-refractivity contribution < 1.29 is 9.90 Å². The van der Waals surface area contributed by atoms with Crippen LogP contribution in [0.1, 0.15) is 10.4 Å². The molecule has 1 rings (SSSR count). The quantitative estimate of drug-likeness (QED) is 0.557. The second-order valence-corrected chi connectivity index (χ2v) is 2.47. The van der Waals surface area contributed by atoms with Crippen LogP contribution in [0.2, 0.25) is 0 Å². The number of carbonyl (C=O) groups excluding carboxylic acids is 1. The lowest BCUT2D eigenvalue weighted by molar-refractivity contribution is 0.0952. The second kappa shape index (κ2) is 4.81. The summed E-state index contributed by atoms with van der Waals surface area (Å²) in [6.07, 6.45) is 2.78. The van der Waals surface area contributed by atoms with E-state index in [1.807, 2.05) is 0 Å². The summed E-state index contributed by atoms with van der Waals surface area (Å²) in [5.74, 6) is -0.528. The van der Waals surface area contributed by atoms with Gasteiger partial charge in [-0.2, -0.15) is 5.10 Å². The average Bonchev–Trinajstić information content (AvgIpc) is 2.18. The summed E-state index contributed by atoms with van der Waals surface area (Å²) in [5.41, 5.74) is 2.43. The van der Waals surface area contributed by atoms with Crippen molar-refractivity contribution in [3.05, 3.63) is 42.5 Å². The zero-order chi connectivity index (χ0) is 10.4. The number of phenolic OH excluding ortho intramolecular Hbond substituents is 1. The van der Waals surface area contributed by atoms with Gasteiger partial charge in [0.1, 0.15) is 5.75 Å². The lowest BCUT2D eigenvalue weighted by Crippen LogP contribution is -2.17. The topological polar surface area (TPSA) is 61.7 Å². The molecule has 0 unspecified atom stereocenters. The summed E-state index contributed by atoms with van der Waals surface area (Å²) in [4.78, 5) is 11.3. The molecule has 2 N–H and O–H groups in total. The van der Waals surface area contributed by atoms with Crippen LogP contribution in [-0.2, 0) is 0 Å². The van der Waals surface area contributed by atoms with Gasteiger partial charge in [-0.25, -0.2) is 5.43 Å². The molecule has 4 heteroatoms. The summed E-state index contributed by atoms with van der Waals surface area (Å²) in [6.45, 7) is 3.40. The van der Waals surface area contributed by atoms with Gasteiger partial charge >= 0.3 is 0 Å². The van der Waals surface area contributed by atoms with Crippen LogP contribution in [0.15, 0.2) is 42.0 Å². The van der Waals surface area contributed by atoms with E-state index in [1.165, 1.54) is 24.4 Å². The molecule has 0 radical (unpaired) electrons. The molecule has 0 spiro atoms.